The van der Waals surface area contributed by atoms with Gasteiger partial charge in [-0.2, -0.15) is 0 Å². The molecule has 0 amide bonds. The summed E-state index contributed by atoms with van der Waals surface area (Å²) in [5.74, 6) is -0.833. The quantitative estimate of drug-likeness (QED) is 0.454. The van der Waals surface area contributed by atoms with Crippen LogP contribution in [0.25, 0.3) is 0 Å². The summed E-state index contributed by atoms with van der Waals surface area (Å²) in [6.45, 7) is 3.25. The molecule has 0 saturated heterocycles. The van der Waals surface area contributed by atoms with E-state index < -0.39 is 17.7 Å². The van der Waals surface area contributed by atoms with Gasteiger partial charge in [0.25, 0.3) is 0 Å². The van der Waals surface area contributed by atoms with Crippen LogP contribution in [0.5, 0.6) is 0 Å². The van der Waals surface area contributed by atoms with Crippen molar-refractivity contribution in [1.29, 1.82) is 0 Å². The summed E-state index contributed by atoms with van der Waals surface area (Å²) in [5, 5.41) is 19.9. The van der Waals surface area contributed by atoms with Gasteiger partial charge in [0.1, 0.15) is 0 Å². The minimum absolute atomic E-state index is 0.0709. The van der Waals surface area contributed by atoms with E-state index in [0.717, 1.165) is 11.1 Å². The first-order valence-electron chi connectivity index (χ1n) is 10.2. The Morgan fingerprint density at radius 1 is 0.966 bits per heavy atom. The predicted octanol–water partition coefficient (Wildman–Crippen LogP) is 4.57. The van der Waals surface area contributed by atoms with Gasteiger partial charge in [0.05, 0.1) is 24.9 Å². The number of ether oxygens (including phenoxy) is 2. The van der Waals surface area contributed by atoms with Gasteiger partial charge in [-0.25, -0.2) is 0 Å². The highest BCUT2D eigenvalue weighted by molar-refractivity contribution is 5.66. The summed E-state index contributed by atoms with van der Waals surface area (Å²) in [6, 6.07) is 19.8. The standard InChI is InChI=1S/C24H32O5/c1-24(27,16-9-17-28-18-20-10-4-2-5-11-20)22(14-8-15-23(25)26)29-19-21-12-6-3-7-13-21/h2-7,10-13,22,27H,8-9,14-19H2,1H3,(H,25,26)/t22-,24+/m1/s1. The molecule has 0 aliphatic rings. The van der Waals surface area contributed by atoms with E-state index >= 15 is 0 Å². The molecule has 0 aromatic heterocycles. The van der Waals surface area contributed by atoms with Crippen molar-refractivity contribution in [1.82, 2.24) is 0 Å². The Kier molecular flexibility index (Phi) is 9.84. The lowest BCUT2D eigenvalue weighted by Gasteiger charge is -2.33. The van der Waals surface area contributed by atoms with Crippen LogP contribution in [-0.4, -0.2) is 34.5 Å². The minimum atomic E-state index is -1.05. The number of aliphatic hydroxyl groups is 1. The Labute approximate surface area is 173 Å². The highest BCUT2D eigenvalue weighted by Gasteiger charge is 2.32. The molecule has 0 radical (unpaired) electrons. The van der Waals surface area contributed by atoms with Gasteiger partial charge in [0.2, 0.25) is 0 Å². The van der Waals surface area contributed by atoms with Crippen LogP contribution in [0, 0.1) is 0 Å². The third kappa shape index (κ3) is 9.22. The Hall–Kier alpha value is -2.21. The predicted molar refractivity (Wildman–Crippen MR) is 112 cm³/mol. The van der Waals surface area contributed by atoms with Crippen molar-refractivity contribution in [2.75, 3.05) is 6.61 Å². The Bertz CT molecular complexity index is 700. The van der Waals surface area contributed by atoms with Crippen LogP contribution in [0.15, 0.2) is 60.7 Å². The lowest BCUT2D eigenvalue weighted by atomic mass is 9.90. The minimum Gasteiger partial charge on any atom is -0.481 e. The molecule has 2 atom stereocenters. The average Bonchev–Trinajstić information content (AvgIpc) is 2.71. The Balaban J connectivity index is 1.81. The van der Waals surface area contributed by atoms with Gasteiger partial charge in [-0.05, 0) is 43.7 Å². The third-order valence-corrected chi connectivity index (χ3v) is 4.93. The van der Waals surface area contributed by atoms with E-state index in [1.165, 1.54) is 0 Å². The monoisotopic (exact) mass is 400 g/mol. The van der Waals surface area contributed by atoms with Gasteiger partial charge in [0.15, 0.2) is 0 Å². The summed E-state index contributed by atoms with van der Waals surface area (Å²) in [5.41, 5.74) is 1.10. The summed E-state index contributed by atoms with van der Waals surface area (Å²) >= 11 is 0. The highest BCUT2D eigenvalue weighted by atomic mass is 16.5. The normalized spacial score (nSPS) is 14.3. The number of hydrogen-bond donors (Lipinski definition) is 2. The van der Waals surface area contributed by atoms with E-state index in [2.05, 4.69) is 0 Å². The zero-order chi connectivity index (χ0) is 21.0. The molecule has 5 nitrogen and oxygen atoms in total. The number of carbonyl (C=O) groups is 1. The number of rotatable bonds is 14. The molecular weight excluding hydrogens is 368 g/mol. The van der Waals surface area contributed by atoms with Gasteiger partial charge in [0, 0.05) is 13.0 Å². The SMILES string of the molecule is C[C@](O)(CCCOCc1ccccc1)[C@@H](CCCC(=O)O)OCc1ccccc1. The van der Waals surface area contributed by atoms with E-state index in [-0.39, 0.29) is 6.42 Å². The molecule has 2 aromatic carbocycles. The van der Waals surface area contributed by atoms with E-state index in [9.17, 15) is 9.90 Å². The van der Waals surface area contributed by atoms with Crippen LogP contribution in [0.3, 0.4) is 0 Å². The van der Waals surface area contributed by atoms with Crippen LogP contribution >= 0.6 is 0 Å². The fraction of sp³-hybridized carbons (Fsp3) is 0.458. The maximum Gasteiger partial charge on any atom is 0.303 e. The molecule has 2 rings (SSSR count). The van der Waals surface area contributed by atoms with E-state index in [4.69, 9.17) is 14.6 Å². The zero-order valence-corrected chi connectivity index (χ0v) is 17.1. The molecule has 0 aliphatic carbocycles. The third-order valence-electron chi connectivity index (χ3n) is 4.93. The molecular formula is C24H32O5. The largest absolute Gasteiger partial charge is 0.481 e. The molecule has 2 N–H and O–H groups in total. The maximum atomic E-state index is 11.0. The van der Waals surface area contributed by atoms with E-state index in [1.807, 2.05) is 60.7 Å². The fourth-order valence-corrected chi connectivity index (χ4v) is 3.24. The summed E-state index contributed by atoms with van der Waals surface area (Å²) in [4.78, 5) is 10.9. The second kappa shape index (κ2) is 12.4. The fourth-order valence-electron chi connectivity index (χ4n) is 3.24. The summed E-state index contributed by atoms with van der Waals surface area (Å²) in [6.07, 6.45) is 1.82. The zero-order valence-electron chi connectivity index (χ0n) is 17.1. The maximum absolute atomic E-state index is 11.0. The first-order chi connectivity index (χ1) is 14.0. The molecule has 0 aliphatic heterocycles. The van der Waals surface area contributed by atoms with Crippen LogP contribution in [0.1, 0.15) is 50.2 Å². The second-order valence-corrected chi connectivity index (χ2v) is 7.57. The van der Waals surface area contributed by atoms with Crippen LogP contribution in [0.4, 0.5) is 0 Å². The molecule has 158 valence electrons. The van der Waals surface area contributed by atoms with Crippen molar-refractivity contribution < 1.29 is 24.5 Å². The average molecular weight is 401 g/mol. The van der Waals surface area contributed by atoms with Gasteiger partial charge < -0.3 is 19.7 Å². The topological polar surface area (TPSA) is 76.0 Å². The number of carboxylic acids is 1. The number of carboxylic acid groups (broad SMARTS) is 1. The molecule has 0 spiro atoms. The molecule has 29 heavy (non-hydrogen) atoms. The van der Waals surface area contributed by atoms with Gasteiger partial charge in [-0.15, -0.1) is 0 Å². The molecule has 5 heteroatoms. The molecule has 0 heterocycles. The Morgan fingerprint density at radius 3 is 2.14 bits per heavy atom. The number of benzene rings is 2. The van der Waals surface area contributed by atoms with Crippen LogP contribution < -0.4 is 0 Å². The van der Waals surface area contributed by atoms with Crippen molar-refractivity contribution in [3.05, 3.63) is 71.8 Å². The number of aliphatic carboxylic acids is 1. The molecule has 0 saturated carbocycles. The van der Waals surface area contributed by atoms with E-state index in [0.29, 0.717) is 45.5 Å². The summed E-state index contributed by atoms with van der Waals surface area (Å²) in [7, 11) is 0. The molecule has 0 bridgehead atoms. The summed E-state index contributed by atoms with van der Waals surface area (Å²) < 4.78 is 11.7. The Morgan fingerprint density at radius 2 is 1.55 bits per heavy atom. The van der Waals surface area contributed by atoms with Crippen LogP contribution in [0.2, 0.25) is 0 Å². The molecule has 2 aromatic rings. The van der Waals surface area contributed by atoms with Crippen molar-refractivity contribution >= 4 is 5.97 Å². The number of hydrogen-bond acceptors (Lipinski definition) is 4. The van der Waals surface area contributed by atoms with Gasteiger partial charge in [-0.3, -0.25) is 4.79 Å². The van der Waals surface area contributed by atoms with Crippen molar-refractivity contribution in [2.24, 2.45) is 0 Å². The van der Waals surface area contributed by atoms with Crippen molar-refractivity contribution in [3.8, 4) is 0 Å². The van der Waals surface area contributed by atoms with Crippen molar-refractivity contribution in [3.63, 3.8) is 0 Å². The first-order valence-corrected chi connectivity index (χ1v) is 10.2. The lowest BCUT2D eigenvalue weighted by Crippen LogP contribution is -2.41. The highest BCUT2D eigenvalue weighted by Crippen LogP contribution is 2.25. The smallest absolute Gasteiger partial charge is 0.303 e. The molecule has 0 unspecified atom stereocenters. The lowest BCUT2D eigenvalue weighted by molar-refractivity contribution is -0.138. The first kappa shape index (κ1) is 23.1. The van der Waals surface area contributed by atoms with Crippen LogP contribution in [-0.2, 0) is 27.5 Å². The van der Waals surface area contributed by atoms with Gasteiger partial charge in [-0.1, -0.05) is 60.7 Å². The second-order valence-electron chi connectivity index (χ2n) is 7.57. The molecule has 0 fully saturated rings. The van der Waals surface area contributed by atoms with Crippen molar-refractivity contribution in [2.45, 2.75) is 63.9 Å². The van der Waals surface area contributed by atoms with Gasteiger partial charge >= 0.3 is 5.97 Å². The van der Waals surface area contributed by atoms with E-state index in [1.54, 1.807) is 6.92 Å².